The molecule has 0 spiro atoms. The Labute approximate surface area is 82.9 Å². The molecule has 3 rings (SSSR count). The fourth-order valence-electron chi connectivity index (χ4n) is 1.74. The van der Waals surface area contributed by atoms with E-state index in [1.165, 1.54) is 7.11 Å². The van der Waals surface area contributed by atoms with Crippen molar-refractivity contribution in [1.82, 2.24) is 0 Å². The van der Waals surface area contributed by atoms with Gasteiger partial charge in [-0.05, 0) is 0 Å². The maximum atomic E-state index is 11.4. The Morgan fingerprint density at radius 1 is 1.40 bits per heavy atom. The van der Waals surface area contributed by atoms with Crippen molar-refractivity contribution in [2.45, 2.75) is 0 Å². The van der Waals surface area contributed by atoms with Crippen LogP contribution in [0.5, 0.6) is 5.75 Å². The summed E-state index contributed by atoms with van der Waals surface area (Å²) in [5, 5.41) is 0. The van der Waals surface area contributed by atoms with Crippen LogP contribution in [0.4, 0.5) is 5.69 Å². The molecule has 0 radical (unpaired) electrons. The minimum atomic E-state index is -0.657. The van der Waals surface area contributed by atoms with E-state index in [1.54, 1.807) is 0 Å². The molecule has 0 amide bonds. The van der Waals surface area contributed by atoms with E-state index in [4.69, 9.17) is 14.9 Å². The summed E-state index contributed by atoms with van der Waals surface area (Å²) in [6.45, 7) is 0. The lowest BCUT2D eigenvalue weighted by atomic mass is 10.1. The number of hydrogen-bond donors (Lipinski definition) is 1. The third-order valence-electron chi connectivity index (χ3n) is 2.39. The number of hydrogen-bond acceptors (Lipinski definition) is 6. The third-order valence-corrected chi connectivity index (χ3v) is 2.39. The highest BCUT2D eigenvalue weighted by molar-refractivity contribution is 6.21. The lowest BCUT2D eigenvalue weighted by molar-refractivity contribution is 0.0593. The third kappa shape index (κ3) is 0.709. The predicted molar refractivity (Wildman–Crippen MR) is 48.1 cm³/mol. The number of nitrogen functional groups attached to an aromatic ring is 1. The van der Waals surface area contributed by atoms with Crippen molar-refractivity contribution in [3.8, 4) is 5.75 Å². The highest BCUT2D eigenvalue weighted by Crippen LogP contribution is 2.48. The number of carbonyl (C=O) groups is 2. The molecule has 15 heavy (non-hydrogen) atoms. The van der Waals surface area contributed by atoms with Gasteiger partial charge in [-0.15, -0.1) is 0 Å². The van der Waals surface area contributed by atoms with Crippen molar-refractivity contribution in [2.75, 3.05) is 12.8 Å². The first-order valence-electron chi connectivity index (χ1n) is 4.13. The molecule has 0 atom stereocenters. The second kappa shape index (κ2) is 2.22. The molecule has 2 aromatic rings. The Bertz CT molecular complexity index is 597. The molecule has 2 bridgehead atoms. The van der Waals surface area contributed by atoms with Gasteiger partial charge in [-0.1, -0.05) is 0 Å². The monoisotopic (exact) mass is 207 g/mol. The van der Waals surface area contributed by atoms with E-state index in [0.29, 0.717) is 0 Å². The summed E-state index contributed by atoms with van der Waals surface area (Å²) in [6, 6.07) is 0. The molecule has 2 N–H and O–H groups in total. The van der Waals surface area contributed by atoms with Crippen LogP contribution in [0, 0.1) is 0 Å². The van der Waals surface area contributed by atoms with Crippen molar-refractivity contribution in [1.29, 1.82) is 0 Å². The summed E-state index contributed by atoms with van der Waals surface area (Å²) in [5.74, 6) is -1.08. The second-order valence-electron chi connectivity index (χ2n) is 3.13. The minimum absolute atomic E-state index is 0.0521. The van der Waals surface area contributed by atoms with Gasteiger partial charge in [0.1, 0.15) is 16.8 Å². The van der Waals surface area contributed by atoms with Crippen LogP contribution in [0.2, 0.25) is 0 Å². The molecule has 0 saturated carbocycles. The van der Waals surface area contributed by atoms with Crippen molar-refractivity contribution in [3.63, 3.8) is 0 Å². The fraction of sp³-hybridized carbons (Fsp3) is 0.111. The van der Waals surface area contributed by atoms with Crippen LogP contribution in [0.15, 0.2) is 4.42 Å². The van der Waals surface area contributed by atoms with Gasteiger partial charge in [-0.2, -0.15) is 0 Å². The van der Waals surface area contributed by atoms with Gasteiger partial charge in [0.2, 0.25) is 5.75 Å². The van der Waals surface area contributed by atoms with E-state index in [0.717, 1.165) is 0 Å². The molecular formula is C9H5NO5. The summed E-state index contributed by atoms with van der Waals surface area (Å²) >= 11 is 0. The number of ether oxygens (including phenoxy) is 2. The van der Waals surface area contributed by atoms with Crippen LogP contribution in [0.25, 0.3) is 11.2 Å². The summed E-state index contributed by atoms with van der Waals surface area (Å²) < 4.78 is 14.6. The number of carbonyl (C=O) groups excluding carboxylic acids is 2. The van der Waals surface area contributed by atoms with Crippen LogP contribution in [0.3, 0.4) is 0 Å². The van der Waals surface area contributed by atoms with E-state index in [-0.39, 0.29) is 33.7 Å². The van der Waals surface area contributed by atoms with Gasteiger partial charge in [0.25, 0.3) is 0 Å². The maximum Gasteiger partial charge on any atom is 0.348 e. The summed E-state index contributed by atoms with van der Waals surface area (Å²) in [7, 11) is 1.22. The van der Waals surface area contributed by atoms with Crippen LogP contribution in [-0.4, -0.2) is 19.0 Å². The number of anilines is 1. The number of methoxy groups -OCH3 is 1. The zero-order chi connectivity index (χ0) is 10.7. The number of fused-ring (bicyclic) bond motifs is 1. The Morgan fingerprint density at radius 3 is 2.80 bits per heavy atom. The number of nitrogens with two attached hydrogens (primary N) is 1. The summed E-state index contributed by atoms with van der Waals surface area (Å²) in [5.41, 5.74) is 6.34. The molecule has 3 heterocycles. The number of benzene rings is 1. The molecule has 0 aromatic carbocycles. The number of furan rings is 2. The highest BCUT2D eigenvalue weighted by Gasteiger charge is 2.41. The molecule has 1 aliphatic heterocycles. The first-order chi connectivity index (χ1) is 7.15. The average molecular weight is 207 g/mol. The van der Waals surface area contributed by atoms with Gasteiger partial charge < -0.3 is 19.6 Å². The molecule has 6 nitrogen and oxygen atoms in total. The zero-order valence-corrected chi connectivity index (χ0v) is 7.62. The molecule has 2 aromatic heterocycles. The lowest BCUT2D eigenvalue weighted by Gasteiger charge is -1.96. The summed E-state index contributed by atoms with van der Waals surface area (Å²) in [6.07, 6.45) is 0. The van der Waals surface area contributed by atoms with Gasteiger partial charge in [-0.3, -0.25) is 0 Å². The minimum Gasteiger partial charge on any atom is -0.465 e. The zero-order valence-electron chi connectivity index (χ0n) is 7.62. The molecule has 1 aliphatic rings. The number of esters is 2. The Balaban J connectivity index is 2.40. The van der Waals surface area contributed by atoms with Crippen molar-refractivity contribution in [3.05, 3.63) is 11.1 Å². The van der Waals surface area contributed by atoms with Gasteiger partial charge in [-0.25, -0.2) is 9.59 Å². The van der Waals surface area contributed by atoms with E-state index < -0.39 is 11.9 Å². The normalized spacial score (nSPS) is 13.5. The average Bonchev–Trinajstić information content (AvgIpc) is 2.80. The Morgan fingerprint density at radius 2 is 2.13 bits per heavy atom. The van der Waals surface area contributed by atoms with Crippen molar-refractivity contribution in [2.24, 2.45) is 0 Å². The molecular weight excluding hydrogens is 202 g/mol. The van der Waals surface area contributed by atoms with Gasteiger partial charge in [0, 0.05) is 0 Å². The quantitative estimate of drug-likeness (QED) is 0.548. The van der Waals surface area contributed by atoms with Gasteiger partial charge >= 0.3 is 11.9 Å². The van der Waals surface area contributed by atoms with Gasteiger partial charge in [0.05, 0.1) is 7.11 Å². The molecule has 0 fully saturated rings. The van der Waals surface area contributed by atoms with Crippen LogP contribution in [-0.2, 0) is 4.74 Å². The number of rotatable bonds is 1. The molecule has 0 saturated heterocycles. The standard InChI is InChI=1S/C9H5NO5/c1-13-8(11)2-3-6-7(15-9(3)12)4(10)5(2)14-6/h10H2,1H3. The largest absolute Gasteiger partial charge is 0.465 e. The smallest absolute Gasteiger partial charge is 0.348 e. The lowest BCUT2D eigenvalue weighted by Crippen LogP contribution is -2.08. The fourth-order valence-corrected chi connectivity index (χ4v) is 1.74. The van der Waals surface area contributed by atoms with Gasteiger partial charge in [0.15, 0.2) is 11.2 Å². The van der Waals surface area contributed by atoms with Crippen molar-refractivity contribution < 1.29 is 23.5 Å². The second-order valence-corrected chi connectivity index (χ2v) is 3.13. The first kappa shape index (κ1) is 8.10. The van der Waals surface area contributed by atoms with E-state index in [9.17, 15) is 9.59 Å². The SMILES string of the molecule is COC(=O)c1c2c3oc1c(N)c3OC2=O. The molecule has 76 valence electrons. The molecule has 0 unspecified atom stereocenters. The summed E-state index contributed by atoms with van der Waals surface area (Å²) in [4.78, 5) is 22.8. The topological polar surface area (TPSA) is 91.8 Å². The van der Waals surface area contributed by atoms with Crippen LogP contribution in [0.1, 0.15) is 20.7 Å². The Kier molecular flexibility index (Phi) is 1.20. The van der Waals surface area contributed by atoms with Crippen LogP contribution < -0.4 is 10.5 Å². The Hall–Kier alpha value is -2.24. The first-order valence-corrected chi connectivity index (χ1v) is 4.13. The predicted octanol–water partition coefficient (Wildman–Crippen LogP) is 0.772. The molecule has 0 aliphatic carbocycles. The van der Waals surface area contributed by atoms with E-state index in [2.05, 4.69) is 4.74 Å². The van der Waals surface area contributed by atoms with E-state index in [1.807, 2.05) is 0 Å². The maximum absolute atomic E-state index is 11.4. The highest BCUT2D eigenvalue weighted by atomic mass is 16.6. The van der Waals surface area contributed by atoms with E-state index >= 15 is 0 Å². The van der Waals surface area contributed by atoms with Crippen LogP contribution >= 0.6 is 0 Å². The van der Waals surface area contributed by atoms with Crippen molar-refractivity contribution >= 4 is 28.8 Å². The molecule has 6 heteroatoms.